The van der Waals surface area contributed by atoms with E-state index in [1.54, 1.807) is 13.3 Å². The summed E-state index contributed by atoms with van der Waals surface area (Å²) >= 11 is 2.29. The van der Waals surface area contributed by atoms with Crippen LogP contribution in [0, 0.1) is 5.92 Å². The third kappa shape index (κ3) is 7.35. The fraction of sp³-hybridized carbons (Fsp3) is 0.500. The lowest BCUT2D eigenvalue weighted by molar-refractivity contribution is 0.0615. The summed E-state index contributed by atoms with van der Waals surface area (Å²) in [5.41, 5.74) is 7.55. The number of alkyl halides is 1. The molecule has 0 spiro atoms. The SMILES string of the molecule is C=IC/C(C)=C/C(I)=C=C=CC(CN1C=NCN1C)[C@H](C)O. The molecule has 0 amide bonds. The van der Waals surface area contributed by atoms with Crippen LogP contribution in [0.15, 0.2) is 37.8 Å². The minimum atomic E-state index is -0.442. The molecule has 0 aromatic heterocycles. The second-order valence-electron chi connectivity index (χ2n) is 5.22. The van der Waals surface area contributed by atoms with Gasteiger partial charge in [-0.1, -0.05) is 21.6 Å². The van der Waals surface area contributed by atoms with Crippen molar-refractivity contribution in [2.75, 3.05) is 24.7 Å². The van der Waals surface area contributed by atoms with Gasteiger partial charge in [0.2, 0.25) is 0 Å². The number of nitrogens with zero attached hydrogens (tertiary/aromatic N) is 3. The molecular weight excluding hydrogens is 504 g/mol. The molecule has 6 heteroatoms. The van der Waals surface area contributed by atoms with Gasteiger partial charge in [0, 0.05) is 23.9 Å². The van der Waals surface area contributed by atoms with Crippen LogP contribution in [0.5, 0.6) is 0 Å². The van der Waals surface area contributed by atoms with E-state index in [0.717, 1.165) is 8.01 Å². The van der Waals surface area contributed by atoms with Crippen LogP contribution in [0.1, 0.15) is 13.8 Å². The smallest absolute Gasteiger partial charge is 0.110 e. The van der Waals surface area contributed by atoms with Crippen molar-refractivity contribution in [3.8, 4) is 0 Å². The normalized spacial score (nSPS) is 17.9. The van der Waals surface area contributed by atoms with Crippen molar-refractivity contribution >= 4 is 54.2 Å². The van der Waals surface area contributed by atoms with Gasteiger partial charge in [0.15, 0.2) is 0 Å². The minimum absolute atomic E-state index is 0.0144. The van der Waals surface area contributed by atoms with Gasteiger partial charge in [0.25, 0.3) is 0 Å². The van der Waals surface area contributed by atoms with Crippen LogP contribution >= 0.6 is 43.3 Å². The van der Waals surface area contributed by atoms with Gasteiger partial charge in [0.05, 0.1) is 9.68 Å². The topological polar surface area (TPSA) is 39.1 Å². The first kappa shape index (κ1) is 19.8. The summed E-state index contributed by atoms with van der Waals surface area (Å²) in [6, 6.07) is 0. The fourth-order valence-electron chi connectivity index (χ4n) is 1.82. The van der Waals surface area contributed by atoms with E-state index >= 15 is 0 Å². The van der Waals surface area contributed by atoms with Gasteiger partial charge in [-0.3, -0.25) is 10.0 Å². The molecule has 0 bridgehead atoms. The van der Waals surface area contributed by atoms with E-state index in [1.807, 2.05) is 23.1 Å². The van der Waals surface area contributed by atoms with Crippen LogP contribution in [0.3, 0.4) is 0 Å². The molecule has 0 aliphatic carbocycles. The molecule has 1 heterocycles. The summed E-state index contributed by atoms with van der Waals surface area (Å²) in [5.74, 6) is -0.0144. The quantitative estimate of drug-likeness (QED) is 0.240. The Hall–Kier alpha value is -0.240. The van der Waals surface area contributed by atoms with Gasteiger partial charge >= 0.3 is 0 Å². The lowest BCUT2D eigenvalue weighted by atomic mass is 10.0. The van der Waals surface area contributed by atoms with Crippen molar-refractivity contribution in [3.05, 3.63) is 32.8 Å². The maximum atomic E-state index is 9.93. The maximum absolute atomic E-state index is 9.93. The predicted molar refractivity (Wildman–Crippen MR) is 112 cm³/mol. The predicted octanol–water partition coefficient (Wildman–Crippen LogP) is 3.11. The average Bonchev–Trinajstić information content (AvgIpc) is 2.83. The van der Waals surface area contributed by atoms with Crippen LogP contribution in [0.25, 0.3) is 0 Å². The lowest BCUT2D eigenvalue weighted by Gasteiger charge is -2.27. The van der Waals surface area contributed by atoms with Gasteiger partial charge in [-0.25, -0.2) is 5.01 Å². The van der Waals surface area contributed by atoms with Gasteiger partial charge in [-0.15, -0.1) is 20.7 Å². The van der Waals surface area contributed by atoms with E-state index in [1.165, 1.54) is 5.57 Å². The minimum Gasteiger partial charge on any atom is -0.393 e. The number of allylic oxidation sites excluding steroid dienone is 3. The summed E-state index contributed by atoms with van der Waals surface area (Å²) in [7, 11) is 1.98. The standard InChI is InChI=1S/C16H23I2N3O/c1-13(9-18-3)8-16(17)7-5-6-15(14(2)22)10-21-12-19-11-20(21)4/h6,8,12,14-15,22H,3,9-11H2,1-2,4H3/b13-8+,16-6?/t14-,15?/m0/s1. The number of hydrogen-bond acceptors (Lipinski definition) is 4. The second kappa shape index (κ2) is 10.5. The first-order valence-corrected chi connectivity index (χ1v) is 11.1. The van der Waals surface area contributed by atoms with E-state index < -0.39 is 6.10 Å². The first-order chi connectivity index (χ1) is 10.4. The number of aliphatic imine (C=N–C) groups is 1. The summed E-state index contributed by atoms with van der Waals surface area (Å²) in [6.07, 6.45) is 5.37. The highest BCUT2D eigenvalue weighted by molar-refractivity contribution is 14.2. The molecule has 1 unspecified atom stereocenters. The van der Waals surface area contributed by atoms with Crippen molar-refractivity contribution < 1.29 is 5.11 Å². The second-order valence-corrected chi connectivity index (χ2v) is 8.22. The van der Waals surface area contributed by atoms with E-state index in [2.05, 4.69) is 56.6 Å². The van der Waals surface area contributed by atoms with Crippen LogP contribution in [0.2, 0.25) is 0 Å². The van der Waals surface area contributed by atoms with Crippen molar-refractivity contribution in [2.45, 2.75) is 20.0 Å². The molecule has 1 rings (SSSR count). The van der Waals surface area contributed by atoms with E-state index in [9.17, 15) is 5.11 Å². The zero-order valence-electron chi connectivity index (χ0n) is 13.3. The Morgan fingerprint density at radius 3 is 2.91 bits per heavy atom. The summed E-state index contributed by atoms with van der Waals surface area (Å²) in [4.78, 5) is 4.20. The van der Waals surface area contributed by atoms with E-state index in [-0.39, 0.29) is 26.6 Å². The zero-order valence-corrected chi connectivity index (χ0v) is 17.6. The first-order valence-electron chi connectivity index (χ1n) is 6.97. The van der Waals surface area contributed by atoms with E-state index in [0.29, 0.717) is 13.2 Å². The van der Waals surface area contributed by atoms with Crippen molar-refractivity contribution in [3.63, 3.8) is 0 Å². The maximum Gasteiger partial charge on any atom is 0.110 e. The highest BCUT2D eigenvalue weighted by atomic mass is 127. The molecule has 1 aliphatic rings. The van der Waals surface area contributed by atoms with Gasteiger partial charge < -0.3 is 5.11 Å². The largest absolute Gasteiger partial charge is 0.393 e. The Labute approximate surface area is 156 Å². The molecule has 0 fully saturated rings. The van der Waals surface area contributed by atoms with Crippen LogP contribution in [-0.2, 0) is 0 Å². The fourth-order valence-corrected chi connectivity index (χ4v) is 3.58. The van der Waals surface area contributed by atoms with Crippen LogP contribution in [0.4, 0.5) is 0 Å². The van der Waals surface area contributed by atoms with Crippen LogP contribution in [-0.4, -0.2) is 56.8 Å². The third-order valence-electron chi connectivity index (χ3n) is 3.12. The highest BCUT2D eigenvalue weighted by Crippen LogP contribution is 2.13. The molecule has 0 radical (unpaired) electrons. The molecule has 4 nitrogen and oxygen atoms in total. The number of halogens is 2. The van der Waals surface area contributed by atoms with Crippen molar-refractivity contribution in [1.29, 1.82) is 0 Å². The number of rotatable bonds is 7. The monoisotopic (exact) mass is 527 g/mol. The molecule has 1 aliphatic heterocycles. The van der Waals surface area contributed by atoms with Crippen molar-refractivity contribution in [1.82, 2.24) is 10.0 Å². The molecule has 2 atom stereocenters. The summed E-state index contributed by atoms with van der Waals surface area (Å²) in [5, 5.41) is 13.9. The summed E-state index contributed by atoms with van der Waals surface area (Å²) in [6.45, 7) is 5.27. The van der Waals surface area contributed by atoms with Crippen LogP contribution < -0.4 is 0 Å². The summed E-state index contributed by atoms with van der Waals surface area (Å²) < 4.78 is 6.09. The molecule has 0 aromatic rings. The molecular formula is C16H23I2N3O. The Kier molecular flexibility index (Phi) is 9.47. The molecule has 0 saturated heterocycles. The van der Waals surface area contributed by atoms with Crippen molar-refractivity contribution in [2.24, 2.45) is 10.9 Å². The number of hydrazine groups is 1. The number of aliphatic hydroxyl groups excluding tert-OH is 1. The molecule has 0 saturated carbocycles. The molecule has 0 aromatic carbocycles. The zero-order chi connectivity index (χ0) is 16.5. The van der Waals surface area contributed by atoms with Gasteiger partial charge in [-0.2, -0.15) is 0 Å². The Balaban J connectivity index is 2.80. The Morgan fingerprint density at radius 1 is 1.64 bits per heavy atom. The van der Waals surface area contributed by atoms with E-state index in [4.69, 9.17) is 0 Å². The lowest BCUT2D eigenvalue weighted by Crippen LogP contribution is -2.39. The van der Waals surface area contributed by atoms with Gasteiger partial charge in [0.1, 0.15) is 13.0 Å². The molecule has 1 N–H and O–H groups in total. The van der Waals surface area contributed by atoms with Gasteiger partial charge in [-0.05, 0) is 48.6 Å². The Morgan fingerprint density at radius 2 is 2.36 bits per heavy atom. The molecule has 122 valence electrons. The molecule has 22 heavy (non-hydrogen) atoms. The highest BCUT2D eigenvalue weighted by Gasteiger charge is 2.19. The number of hydrogen-bond donors (Lipinski definition) is 1. The average molecular weight is 527 g/mol. The third-order valence-corrected chi connectivity index (χ3v) is 5.45. The number of aliphatic hydroxyl groups is 1. The Bertz CT molecular complexity index is 542.